The molecule has 0 spiro atoms. The first-order chi connectivity index (χ1) is 8.63. The number of rotatable bonds is 4. The van der Waals surface area contributed by atoms with E-state index in [0.717, 1.165) is 13.1 Å². The first kappa shape index (κ1) is 13.6. The Kier molecular flexibility index (Phi) is 4.78. The molecule has 0 radical (unpaired) electrons. The Labute approximate surface area is 123 Å². The fraction of sp³-hybridized carbons (Fsp3) is 0.250. The quantitative estimate of drug-likeness (QED) is 0.745. The molecular formula is C16H18IN. The minimum Gasteiger partial charge on any atom is -0.298 e. The van der Waals surface area contributed by atoms with Crippen molar-refractivity contribution in [1.29, 1.82) is 0 Å². The number of benzene rings is 2. The van der Waals surface area contributed by atoms with Crippen LogP contribution in [0.5, 0.6) is 0 Å². The third kappa shape index (κ3) is 4.10. The Hall–Kier alpha value is -0.870. The van der Waals surface area contributed by atoms with Gasteiger partial charge in [0.15, 0.2) is 0 Å². The maximum absolute atomic E-state index is 2.34. The highest BCUT2D eigenvalue weighted by Gasteiger charge is 2.01. The average molecular weight is 351 g/mol. The maximum Gasteiger partial charge on any atom is 0.0234 e. The van der Waals surface area contributed by atoms with Crippen LogP contribution in [0.1, 0.15) is 16.7 Å². The Balaban J connectivity index is 1.94. The predicted octanol–water partition coefficient (Wildman–Crippen LogP) is 4.23. The lowest BCUT2D eigenvalue weighted by atomic mass is 10.1. The van der Waals surface area contributed by atoms with Gasteiger partial charge in [-0.1, -0.05) is 42.0 Å². The Bertz CT molecular complexity index is 440. The van der Waals surface area contributed by atoms with Crippen molar-refractivity contribution >= 4 is 22.6 Å². The topological polar surface area (TPSA) is 3.24 Å². The zero-order valence-electron chi connectivity index (χ0n) is 10.9. The van der Waals surface area contributed by atoms with Crippen molar-refractivity contribution in [2.24, 2.45) is 0 Å². The van der Waals surface area contributed by atoms with Crippen molar-refractivity contribution in [3.63, 3.8) is 0 Å². The smallest absolute Gasteiger partial charge is 0.0234 e. The van der Waals surface area contributed by atoms with E-state index in [9.17, 15) is 0 Å². The van der Waals surface area contributed by atoms with Crippen molar-refractivity contribution in [3.05, 3.63) is 68.8 Å². The van der Waals surface area contributed by atoms with Crippen LogP contribution in [0, 0.1) is 10.5 Å². The molecule has 0 aliphatic heterocycles. The number of nitrogens with zero attached hydrogens (tertiary/aromatic N) is 1. The van der Waals surface area contributed by atoms with Crippen LogP contribution in [0.25, 0.3) is 0 Å². The molecule has 94 valence electrons. The lowest BCUT2D eigenvalue weighted by Gasteiger charge is -2.17. The van der Waals surface area contributed by atoms with Crippen LogP contribution >= 0.6 is 22.6 Å². The number of aryl methyl sites for hydroxylation is 1. The van der Waals surface area contributed by atoms with Crippen LogP contribution in [0.4, 0.5) is 0 Å². The average Bonchev–Trinajstić information content (AvgIpc) is 2.35. The van der Waals surface area contributed by atoms with E-state index in [4.69, 9.17) is 0 Å². The van der Waals surface area contributed by atoms with Gasteiger partial charge < -0.3 is 0 Å². The van der Waals surface area contributed by atoms with Gasteiger partial charge in [0, 0.05) is 16.7 Å². The molecule has 0 heterocycles. The zero-order chi connectivity index (χ0) is 13.0. The lowest BCUT2D eigenvalue weighted by Crippen LogP contribution is -2.17. The third-order valence-corrected chi connectivity index (χ3v) is 3.66. The monoisotopic (exact) mass is 351 g/mol. The third-order valence-electron chi connectivity index (χ3n) is 2.94. The molecule has 0 aliphatic rings. The summed E-state index contributed by atoms with van der Waals surface area (Å²) in [6.07, 6.45) is 0. The van der Waals surface area contributed by atoms with Crippen molar-refractivity contribution in [2.75, 3.05) is 7.05 Å². The van der Waals surface area contributed by atoms with Gasteiger partial charge in [0.25, 0.3) is 0 Å². The van der Waals surface area contributed by atoms with Gasteiger partial charge in [-0.05, 0) is 59.8 Å². The largest absolute Gasteiger partial charge is 0.298 e. The van der Waals surface area contributed by atoms with E-state index in [0.29, 0.717) is 0 Å². The molecule has 0 saturated carbocycles. The van der Waals surface area contributed by atoms with Gasteiger partial charge >= 0.3 is 0 Å². The Morgan fingerprint density at radius 2 is 1.28 bits per heavy atom. The first-order valence-corrected chi connectivity index (χ1v) is 7.20. The van der Waals surface area contributed by atoms with Crippen LogP contribution in [0.15, 0.2) is 48.5 Å². The second-order valence-electron chi connectivity index (χ2n) is 4.78. The summed E-state index contributed by atoms with van der Waals surface area (Å²) in [7, 11) is 2.16. The minimum atomic E-state index is 0.991. The van der Waals surface area contributed by atoms with Crippen LogP contribution in [0.3, 0.4) is 0 Å². The summed E-state index contributed by atoms with van der Waals surface area (Å²) < 4.78 is 1.29. The summed E-state index contributed by atoms with van der Waals surface area (Å²) in [5.41, 5.74) is 4.05. The molecule has 0 amide bonds. The summed E-state index contributed by atoms with van der Waals surface area (Å²) >= 11 is 2.34. The first-order valence-electron chi connectivity index (χ1n) is 6.12. The standard InChI is InChI=1S/C16H18IN/c1-13-3-5-14(6-4-13)11-18(2)12-15-7-9-16(17)10-8-15/h3-10H,11-12H2,1-2H3. The van der Waals surface area contributed by atoms with Crippen molar-refractivity contribution in [2.45, 2.75) is 20.0 Å². The number of hydrogen-bond acceptors (Lipinski definition) is 1. The maximum atomic E-state index is 2.34. The van der Waals surface area contributed by atoms with Crippen LogP contribution in [-0.4, -0.2) is 11.9 Å². The highest BCUT2D eigenvalue weighted by atomic mass is 127. The molecule has 2 aromatic rings. The summed E-state index contributed by atoms with van der Waals surface area (Å²) in [5, 5.41) is 0. The molecule has 0 aromatic heterocycles. The van der Waals surface area contributed by atoms with Crippen LogP contribution in [-0.2, 0) is 13.1 Å². The van der Waals surface area contributed by atoms with Gasteiger partial charge in [0.1, 0.15) is 0 Å². The van der Waals surface area contributed by atoms with Crippen molar-refractivity contribution < 1.29 is 0 Å². The normalized spacial score (nSPS) is 10.9. The molecule has 1 nitrogen and oxygen atoms in total. The van der Waals surface area contributed by atoms with Crippen molar-refractivity contribution in [1.82, 2.24) is 4.90 Å². The summed E-state index contributed by atoms with van der Waals surface area (Å²) in [5.74, 6) is 0. The van der Waals surface area contributed by atoms with Gasteiger partial charge in [0.05, 0.1) is 0 Å². The molecule has 0 atom stereocenters. The summed E-state index contributed by atoms with van der Waals surface area (Å²) in [6.45, 7) is 4.11. The van der Waals surface area contributed by atoms with E-state index < -0.39 is 0 Å². The zero-order valence-corrected chi connectivity index (χ0v) is 13.0. The molecule has 0 aliphatic carbocycles. The lowest BCUT2D eigenvalue weighted by molar-refractivity contribution is 0.319. The fourth-order valence-electron chi connectivity index (χ4n) is 1.96. The highest BCUT2D eigenvalue weighted by molar-refractivity contribution is 14.1. The summed E-state index contributed by atoms with van der Waals surface area (Å²) in [6, 6.07) is 17.5. The predicted molar refractivity (Wildman–Crippen MR) is 85.5 cm³/mol. The molecule has 0 bridgehead atoms. The van der Waals surface area contributed by atoms with Gasteiger partial charge in [-0.2, -0.15) is 0 Å². The molecule has 2 heteroatoms. The SMILES string of the molecule is Cc1ccc(CN(C)Cc2ccc(I)cc2)cc1. The second-order valence-corrected chi connectivity index (χ2v) is 6.03. The summed E-state index contributed by atoms with van der Waals surface area (Å²) in [4.78, 5) is 2.34. The Morgan fingerprint density at radius 3 is 1.78 bits per heavy atom. The molecule has 0 fully saturated rings. The minimum absolute atomic E-state index is 0.991. The van der Waals surface area contributed by atoms with E-state index in [1.807, 2.05) is 0 Å². The molecule has 18 heavy (non-hydrogen) atoms. The molecule has 0 saturated heterocycles. The fourth-order valence-corrected chi connectivity index (χ4v) is 2.32. The van der Waals surface area contributed by atoms with Crippen LogP contribution in [0.2, 0.25) is 0 Å². The van der Waals surface area contributed by atoms with Gasteiger partial charge in [-0.15, -0.1) is 0 Å². The second kappa shape index (κ2) is 6.34. The number of hydrogen-bond donors (Lipinski definition) is 0. The van der Waals surface area contributed by atoms with Gasteiger partial charge in [-0.3, -0.25) is 4.90 Å². The molecule has 0 unspecified atom stereocenters. The van der Waals surface area contributed by atoms with E-state index in [1.54, 1.807) is 0 Å². The molecule has 2 aromatic carbocycles. The number of halogens is 1. The molecular weight excluding hydrogens is 333 g/mol. The van der Waals surface area contributed by atoms with Crippen molar-refractivity contribution in [3.8, 4) is 0 Å². The molecule has 0 N–H and O–H groups in total. The van der Waals surface area contributed by atoms with E-state index in [2.05, 4.69) is 90.0 Å². The van der Waals surface area contributed by atoms with Gasteiger partial charge in [0.2, 0.25) is 0 Å². The highest BCUT2D eigenvalue weighted by Crippen LogP contribution is 2.11. The van der Waals surface area contributed by atoms with E-state index in [1.165, 1.54) is 20.3 Å². The van der Waals surface area contributed by atoms with E-state index in [-0.39, 0.29) is 0 Å². The van der Waals surface area contributed by atoms with E-state index >= 15 is 0 Å². The Morgan fingerprint density at radius 1 is 0.833 bits per heavy atom. The molecule has 2 rings (SSSR count). The van der Waals surface area contributed by atoms with Crippen LogP contribution < -0.4 is 0 Å². The van der Waals surface area contributed by atoms with Gasteiger partial charge in [-0.25, -0.2) is 0 Å².